The molecule has 0 saturated carbocycles. The number of sulfonamides is 1. The molecule has 7 nitrogen and oxygen atoms in total. The van der Waals surface area contributed by atoms with Crippen LogP contribution in [0.2, 0.25) is 5.02 Å². The second-order valence-corrected chi connectivity index (χ2v) is 9.98. The Kier molecular flexibility index (Phi) is 9.01. The van der Waals surface area contributed by atoms with Crippen LogP contribution in [0.25, 0.3) is 0 Å². The molecule has 0 unspecified atom stereocenters. The Morgan fingerprint density at radius 3 is 1.91 bits per heavy atom. The average molecular weight is 517 g/mol. The number of carbonyl (C=O) groups is 1. The molecule has 0 bridgehead atoms. The van der Waals surface area contributed by atoms with Crippen LogP contribution in [0.1, 0.15) is 32.4 Å². The summed E-state index contributed by atoms with van der Waals surface area (Å²) in [5.74, 6) is 0.900. The Labute approximate surface area is 211 Å². The molecule has 186 valence electrons. The topological polar surface area (TPSA) is 84.9 Å². The van der Waals surface area contributed by atoms with Gasteiger partial charge >= 0.3 is 0 Å². The maximum atomic E-state index is 13.5. The molecule has 1 N–H and O–H groups in total. The lowest BCUT2D eigenvalue weighted by atomic mass is 10.1. The van der Waals surface area contributed by atoms with E-state index in [2.05, 4.69) is 5.32 Å². The number of nitrogens with zero attached hydrogens (tertiary/aromatic N) is 1. The van der Waals surface area contributed by atoms with Crippen molar-refractivity contribution in [2.45, 2.75) is 31.7 Å². The summed E-state index contributed by atoms with van der Waals surface area (Å²) < 4.78 is 39.0. The molecule has 3 rings (SSSR count). The number of nitrogens with one attached hydrogen (secondary N) is 1. The molecular weight excluding hydrogens is 488 g/mol. The van der Waals surface area contributed by atoms with Gasteiger partial charge in [-0.25, -0.2) is 8.42 Å². The van der Waals surface area contributed by atoms with E-state index in [0.29, 0.717) is 29.7 Å². The van der Waals surface area contributed by atoms with Gasteiger partial charge < -0.3 is 14.8 Å². The van der Waals surface area contributed by atoms with E-state index in [1.165, 1.54) is 24.3 Å². The number of hydrogen-bond donors (Lipinski definition) is 1. The van der Waals surface area contributed by atoms with Crippen LogP contribution in [0, 0.1) is 0 Å². The minimum atomic E-state index is -4.05. The Morgan fingerprint density at radius 2 is 1.40 bits per heavy atom. The summed E-state index contributed by atoms with van der Waals surface area (Å²) in [6.45, 7) is 6.25. The fourth-order valence-electron chi connectivity index (χ4n) is 3.44. The van der Waals surface area contributed by atoms with E-state index in [-0.39, 0.29) is 10.9 Å². The van der Waals surface area contributed by atoms with Crippen molar-refractivity contribution in [1.82, 2.24) is 5.32 Å². The molecule has 0 aromatic heterocycles. The number of rotatable bonds is 11. The molecule has 0 heterocycles. The van der Waals surface area contributed by atoms with E-state index in [1.807, 2.05) is 45.0 Å². The predicted octanol–water partition coefficient (Wildman–Crippen LogP) is 5.21. The lowest BCUT2D eigenvalue weighted by molar-refractivity contribution is -0.120. The zero-order chi connectivity index (χ0) is 25.4. The number of hydrogen-bond acceptors (Lipinski definition) is 5. The Balaban J connectivity index is 1.84. The average Bonchev–Trinajstić information content (AvgIpc) is 2.84. The Bertz CT molecular complexity index is 1210. The first kappa shape index (κ1) is 26.4. The second kappa shape index (κ2) is 12.0. The predicted molar refractivity (Wildman–Crippen MR) is 138 cm³/mol. The minimum Gasteiger partial charge on any atom is -0.494 e. The zero-order valence-corrected chi connectivity index (χ0v) is 21.5. The molecule has 0 fully saturated rings. The first-order valence-corrected chi connectivity index (χ1v) is 13.1. The van der Waals surface area contributed by atoms with Gasteiger partial charge in [-0.2, -0.15) is 0 Å². The van der Waals surface area contributed by atoms with Crippen molar-refractivity contribution in [2.75, 3.05) is 24.1 Å². The third kappa shape index (κ3) is 6.90. The van der Waals surface area contributed by atoms with Gasteiger partial charge in [0.25, 0.3) is 10.0 Å². The molecule has 3 aromatic rings. The molecular formula is C26H29ClN2O5S. The molecule has 35 heavy (non-hydrogen) atoms. The summed E-state index contributed by atoms with van der Waals surface area (Å²) >= 11 is 5.94. The lowest BCUT2D eigenvalue weighted by Gasteiger charge is -2.25. The molecule has 0 saturated heterocycles. The van der Waals surface area contributed by atoms with Crippen LogP contribution >= 0.6 is 11.6 Å². The monoisotopic (exact) mass is 516 g/mol. The number of ether oxygens (including phenoxy) is 2. The van der Waals surface area contributed by atoms with Crippen LogP contribution in [0.3, 0.4) is 0 Å². The van der Waals surface area contributed by atoms with E-state index < -0.39 is 22.5 Å². The van der Waals surface area contributed by atoms with Crippen LogP contribution in [-0.2, 0) is 14.8 Å². The third-order valence-electron chi connectivity index (χ3n) is 5.19. The smallest absolute Gasteiger partial charge is 0.264 e. The fourth-order valence-corrected chi connectivity index (χ4v) is 4.99. The molecule has 0 spiro atoms. The first-order valence-electron chi connectivity index (χ1n) is 11.3. The molecule has 0 aliphatic rings. The second-order valence-electron chi connectivity index (χ2n) is 7.68. The van der Waals surface area contributed by atoms with Crippen molar-refractivity contribution in [3.8, 4) is 11.5 Å². The number of carbonyl (C=O) groups excluding carboxylic acids is 1. The molecule has 1 atom stereocenters. The summed E-state index contributed by atoms with van der Waals surface area (Å²) in [5, 5.41) is 3.30. The van der Waals surface area contributed by atoms with Crippen LogP contribution < -0.4 is 19.1 Å². The van der Waals surface area contributed by atoms with Crippen molar-refractivity contribution >= 4 is 33.2 Å². The number of benzene rings is 3. The molecule has 0 aliphatic heterocycles. The van der Waals surface area contributed by atoms with Crippen molar-refractivity contribution in [3.63, 3.8) is 0 Å². The quantitative estimate of drug-likeness (QED) is 0.378. The van der Waals surface area contributed by atoms with Crippen LogP contribution in [0.15, 0.2) is 77.7 Å². The normalized spacial score (nSPS) is 12.0. The highest BCUT2D eigenvalue weighted by molar-refractivity contribution is 7.92. The van der Waals surface area contributed by atoms with Gasteiger partial charge in [0.15, 0.2) is 0 Å². The van der Waals surface area contributed by atoms with Crippen LogP contribution in [0.4, 0.5) is 5.69 Å². The van der Waals surface area contributed by atoms with Gasteiger partial charge in [0, 0.05) is 5.02 Å². The van der Waals surface area contributed by atoms with Gasteiger partial charge in [0.1, 0.15) is 18.0 Å². The van der Waals surface area contributed by atoms with E-state index in [0.717, 1.165) is 15.6 Å². The third-order valence-corrected chi connectivity index (χ3v) is 7.23. The number of anilines is 1. The van der Waals surface area contributed by atoms with Gasteiger partial charge in [0.05, 0.1) is 29.8 Å². The largest absolute Gasteiger partial charge is 0.494 e. The van der Waals surface area contributed by atoms with Crippen LogP contribution in [-0.4, -0.2) is 34.1 Å². The first-order chi connectivity index (χ1) is 16.7. The summed E-state index contributed by atoms with van der Waals surface area (Å²) in [6.07, 6.45) is 0. The van der Waals surface area contributed by atoms with Crippen LogP contribution in [0.5, 0.6) is 11.5 Å². The molecule has 3 aromatic carbocycles. The van der Waals surface area contributed by atoms with Crippen molar-refractivity contribution in [2.24, 2.45) is 0 Å². The van der Waals surface area contributed by atoms with Gasteiger partial charge in [-0.05, 0) is 87.0 Å². The molecule has 0 radical (unpaired) electrons. The maximum absolute atomic E-state index is 13.5. The van der Waals surface area contributed by atoms with E-state index in [9.17, 15) is 13.2 Å². The van der Waals surface area contributed by atoms with Gasteiger partial charge in [0.2, 0.25) is 5.91 Å². The number of halogens is 1. The zero-order valence-electron chi connectivity index (χ0n) is 19.9. The standard InChI is InChI=1S/C26H29ClN2O5S/c1-4-33-23-12-6-20(7-13-23)19(3)28-26(30)18-29(22-10-14-24(15-11-22)34-5-2)35(31,32)25-16-8-21(27)9-17-25/h6-17,19H,4-5,18H2,1-3H3,(H,28,30)/t19-/m1/s1. The highest BCUT2D eigenvalue weighted by Crippen LogP contribution is 2.27. The van der Waals surface area contributed by atoms with Crippen molar-refractivity contribution < 1.29 is 22.7 Å². The van der Waals surface area contributed by atoms with Crippen molar-refractivity contribution in [3.05, 3.63) is 83.4 Å². The highest BCUT2D eigenvalue weighted by atomic mass is 35.5. The van der Waals surface area contributed by atoms with E-state index >= 15 is 0 Å². The van der Waals surface area contributed by atoms with Gasteiger partial charge in [-0.15, -0.1) is 0 Å². The minimum absolute atomic E-state index is 0.0307. The lowest BCUT2D eigenvalue weighted by Crippen LogP contribution is -2.41. The Hall–Kier alpha value is -3.23. The molecule has 9 heteroatoms. The molecule has 1 amide bonds. The van der Waals surface area contributed by atoms with E-state index in [4.69, 9.17) is 21.1 Å². The summed E-state index contributed by atoms with van der Waals surface area (Å²) in [6, 6.07) is 19.5. The fraction of sp³-hybridized carbons (Fsp3) is 0.269. The maximum Gasteiger partial charge on any atom is 0.264 e. The summed E-state index contributed by atoms with van der Waals surface area (Å²) in [4.78, 5) is 13.0. The van der Waals surface area contributed by atoms with Gasteiger partial charge in [-0.1, -0.05) is 23.7 Å². The Morgan fingerprint density at radius 1 is 0.886 bits per heavy atom. The van der Waals surface area contributed by atoms with Crippen molar-refractivity contribution in [1.29, 1.82) is 0 Å². The number of amides is 1. The SMILES string of the molecule is CCOc1ccc([C@@H](C)NC(=O)CN(c2ccc(OCC)cc2)S(=O)(=O)c2ccc(Cl)cc2)cc1. The summed E-state index contributed by atoms with van der Waals surface area (Å²) in [5.41, 5.74) is 1.21. The highest BCUT2D eigenvalue weighted by Gasteiger charge is 2.28. The summed E-state index contributed by atoms with van der Waals surface area (Å²) in [7, 11) is -4.05. The molecule has 0 aliphatic carbocycles. The van der Waals surface area contributed by atoms with E-state index in [1.54, 1.807) is 24.3 Å². The van der Waals surface area contributed by atoms with Gasteiger partial charge in [-0.3, -0.25) is 9.10 Å².